The van der Waals surface area contributed by atoms with Crippen LogP contribution in [0.3, 0.4) is 0 Å². The summed E-state index contributed by atoms with van der Waals surface area (Å²) in [6.07, 6.45) is 1.42. The summed E-state index contributed by atoms with van der Waals surface area (Å²) in [6, 6.07) is 21.1. The average Bonchev–Trinajstić information content (AvgIpc) is 2.92. The van der Waals surface area contributed by atoms with Gasteiger partial charge in [-0.1, -0.05) is 18.2 Å². The first-order valence-corrected chi connectivity index (χ1v) is 13.8. The number of nitrogens with zero attached hydrogens (tertiary/aromatic N) is 2. The van der Waals surface area contributed by atoms with Crippen molar-refractivity contribution in [2.24, 2.45) is 5.10 Å². The van der Waals surface area contributed by atoms with Gasteiger partial charge in [0, 0.05) is 6.04 Å². The maximum absolute atomic E-state index is 13.4. The van der Waals surface area contributed by atoms with Gasteiger partial charge in [-0.05, 0) is 87.0 Å². The van der Waals surface area contributed by atoms with Crippen LogP contribution in [-0.2, 0) is 19.6 Å². The summed E-state index contributed by atoms with van der Waals surface area (Å²) in [5, 5.41) is 6.69. The van der Waals surface area contributed by atoms with Crippen LogP contribution in [0.15, 0.2) is 88.9 Å². The minimum Gasteiger partial charge on any atom is -0.494 e. The van der Waals surface area contributed by atoms with Crippen molar-refractivity contribution in [2.75, 3.05) is 24.1 Å². The van der Waals surface area contributed by atoms with Gasteiger partial charge in [-0.3, -0.25) is 13.9 Å². The fourth-order valence-electron chi connectivity index (χ4n) is 3.42. The Hall–Kier alpha value is -4.38. The third-order valence-electron chi connectivity index (χ3n) is 5.16. The fourth-order valence-corrected chi connectivity index (χ4v) is 4.86. The summed E-state index contributed by atoms with van der Waals surface area (Å²) in [5.41, 5.74) is 3.34. The number of carbonyl (C=O) groups is 2. The number of sulfonamides is 1. The third kappa shape index (κ3) is 8.85. The van der Waals surface area contributed by atoms with Crippen molar-refractivity contribution in [2.45, 2.75) is 31.7 Å². The molecule has 0 radical (unpaired) electrons. The summed E-state index contributed by atoms with van der Waals surface area (Å²) >= 11 is 0. The highest BCUT2D eigenvalue weighted by atomic mass is 32.2. The molecule has 39 heavy (non-hydrogen) atoms. The SMILES string of the molecule is CCOc1ccc(N(CC(=O)N/N=C\c2ccc(OCC(=O)NC(C)C)cc2)S(=O)(=O)c2ccccc2)cc1. The van der Waals surface area contributed by atoms with Crippen molar-refractivity contribution in [3.05, 3.63) is 84.4 Å². The molecule has 2 N–H and O–H groups in total. The smallest absolute Gasteiger partial charge is 0.264 e. The quantitative estimate of drug-likeness (QED) is 0.247. The lowest BCUT2D eigenvalue weighted by atomic mass is 10.2. The first-order valence-electron chi connectivity index (χ1n) is 12.3. The Morgan fingerprint density at radius 2 is 1.51 bits per heavy atom. The minimum absolute atomic E-state index is 0.0290. The van der Waals surface area contributed by atoms with Crippen LogP contribution >= 0.6 is 0 Å². The number of ether oxygens (including phenoxy) is 2. The number of hydrogen-bond donors (Lipinski definition) is 2. The molecule has 3 aromatic carbocycles. The summed E-state index contributed by atoms with van der Waals surface area (Å²) in [4.78, 5) is 24.5. The zero-order valence-corrected chi connectivity index (χ0v) is 22.9. The first kappa shape index (κ1) is 29.2. The van der Waals surface area contributed by atoms with Crippen molar-refractivity contribution in [3.63, 3.8) is 0 Å². The third-order valence-corrected chi connectivity index (χ3v) is 6.94. The van der Waals surface area contributed by atoms with E-state index < -0.39 is 22.5 Å². The van der Waals surface area contributed by atoms with Gasteiger partial charge in [-0.2, -0.15) is 5.10 Å². The molecule has 0 spiro atoms. The molecule has 0 fully saturated rings. The largest absolute Gasteiger partial charge is 0.494 e. The van der Waals surface area contributed by atoms with Crippen molar-refractivity contribution in [3.8, 4) is 11.5 Å². The van der Waals surface area contributed by atoms with Crippen LogP contribution in [0.1, 0.15) is 26.3 Å². The lowest BCUT2D eigenvalue weighted by molar-refractivity contribution is -0.123. The molecule has 0 aromatic heterocycles. The molecule has 0 aliphatic carbocycles. The van der Waals surface area contributed by atoms with E-state index in [0.29, 0.717) is 29.4 Å². The molecule has 3 rings (SSSR count). The van der Waals surface area contributed by atoms with E-state index in [0.717, 1.165) is 4.31 Å². The number of hydrazone groups is 1. The van der Waals surface area contributed by atoms with Crippen molar-refractivity contribution < 1.29 is 27.5 Å². The van der Waals surface area contributed by atoms with Gasteiger partial charge in [0.1, 0.15) is 18.0 Å². The van der Waals surface area contributed by atoms with Crippen LogP contribution in [-0.4, -0.2) is 52.2 Å². The van der Waals surface area contributed by atoms with Crippen LogP contribution in [0.5, 0.6) is 11.5 Å². The Bertz CT molecular complexity index is 1360. The van der Waals surface area contributed by atoms with E-state index in [4.69, 9.17) is 9.47 Å². The summed E-state index contributed by atoms with van der Waals surface area (Å²) < 4.78 is 38.7. The van der Waals surface area contributed by atoms with Crippen LogP contribution in [0, 0.1) is 0 Å². The topological polar surface area (TPSA) is 126 Å². The number of hydrogen-bond acceptors (Lipinski definition) is 7. The maximum Gasteiger partial charge on any atom is 0.264 e. The second kappa shape index (κ2) is 14.0. The molecule has 2 amide bonds. The van der Waals surface area contributed by atoms with Crippen LogP contribution < -0.4 is 24.5 Å². The van der Waals surface area contributed by atoms with E-state index in [2.05, 4.69) is 15.8 Å². The molecule has 3 aromatic rings. The van der Waals surface area contributed by atoms with Gasteiger partial charge < -0.3 is 14.8 Å². The number of benzene rings is 3. The highest BCUT2D eigenvalue weighted by molar-refractivity contribution is 7.92. The second-order valence-corrected chi connectivity index (χ2v) is 10.5. The Balaban J connectivity index is 1.66. The lowest BCUT2D eigenvalue weighted by Gasteiger charge is -2.24. The first-order chi connectivity index (χ1) is 18.7. The molecule has 0 saturated heterocycles. The van der Waals surface area contributed by atoms with E-state index in [1.54, 1.807) is 66.7 Å². The van der Waals surface area contributed by atoms with E-state index in [1.165, 1.54) is 18.3 Å². The highest BCUT2D eigenvalue weighted by Gasteiger charge is 2.27. The van der Waals surface area contributed by atoms with Gasteiger partial charge in [0.25, 0.3) is 21.8 Å². The molecule has 0 aliphatic rings. The van der Waals surface area contributed by atoms with Crippen LogP contribution in [0.4, 0.5) is 5.69 Å². The molecule has 0 aliphatic heterocycles. The second-order valence-electron chi connectivity index (χ2n) is 8.62. The summed E-state index contributed by atoms with van der Waals surface area (Å²) in [7, 11) is -4.04. The number of amides is 2. The molecule has 0 heterocycles. The Labute approximate surface area is 228 Å². The molecule has 0 unspecified atom stereocenters. The van der Waals surface area contributed by atoms with Gasteiger partial charge >= 0.3 is 0 Å². The Kier molecular flexibility index (Phi) is 10.4. The van der Waals surface area contributed by atoms with Crippen molar-refractivity contribution in [1.29, 1.82) is 0 Å². The number of anilines is 1. The van der Waals surface area contributed by atoms with Gasteiger partial charge in [-0.25, -0.2) is 13.8 Å². The van der Waals surface area contributed by atoms with Gasteiger partial charge in [0.05, 0.1) is 23.4 Å². The van der Waals surface area contributed by atoms with E-state index in [9.17, 15) is 18.0 Å². The molecular formula is C28H32N4O6S. The number of carbonyl (C=O) groups excluding carboxylic acids is 2. The van der Waals surface area contributed by atoms with Crippen molar-refractivity contribution >= 4 is 33.7 Å². The van der Waals surface area contributed by atoms with Crippen LogP contribution in [0.25, 0.3) is 0 Å². The maximum atomic E-state index is 13.4. The standard InChI is InChI=1S/C28H32N4O6S/c1-4-37-24-16-12-23(13-17-24)32(39(35,36)26-8-6-5-7-9-26)19-27(33)31-29-18-22-10-14-25(15-11-22)38-20-28(34)30-21(2)3/h5-18,21H,4,19-20H2,1-3H3,(H,30,34)(H,31,33)/b29-18-. The predicted molar refractivity (Wildman–Crippen MR) is 150 cm³/mol. The van der Waals surface area contributed by atoms with Crippen molar-refractivity contribution in [1.82, 2.24) is 10.7 Å². The number of nitrogens with one attached hydrogen (secondary N) is 2. The molecule has 206 valence electrons. The molecule has 0 bridgehead atoms. The lowest BCUT2D eigenvalue weighted by Crippen LogP contribution is -2.39. The molecule has 0 atom stereocenters. The monoisotopic (exact) mass is 552 g/mol. The molecule has 11 heteroatoms. The van der Waals surface area contributed by atoms with E-state index >= 15 is 0 Å². The minimum atomic E-state index is -4.04. The number of rotatable bonds is 13. The van der Waals surface area contributed by atoms with Gasteiger partial charge in [0.2, 0.25) is 0 Å². The zero-order valence-electron chi connectivity index (χ0n) is 22.0. The molecule has 0 saturated carbocycles. The van der Waals surface area contributed by atoms with Gasteiger partial charge in [0.15, 0.2) is 6.61 Å². The predicted octanol–water partition coefficient (Wildman–Crippen LogP) is 3.33. The normalized spacial score (nSPS) is 11.3. The zero-order chi connectivity index (χ0) is 28.3. The Morgan fingerprint density at radius 3 is 2.13 bits per heavy atom. The fraction of sp³-hybridized carbons (Fsp3) is 0.250. The van der Waals surface area contributed by atoms with Gasteiger partial charge in [-0.15, -0.1) is 0 Å². The molecular weight excluding hydrogens is 520 g/mol. The summed E-state index contributed by atoms with van der Waals surface area (Å²) in [6.45, 7) is 5.46. The van der Waals surface area contributed by atoms with E-state index in [-0.39, 0.29) is 23.5 Å². The average molecular weight is 553 g/mol. The van der Waals surface area contributed by atoms with E-state index in [1.807, 2.05) is 20.8 Å². The molecule has 10 nitrogen and oxygen atoms in total. The highest BCUT2D eigenvalue weighted by Crippen LogP contribution is 2.25. The van der Waals surface area contributed by atoms with Crippen LogP contribution in [0.2, 0.25) is 0 Å². The Morgan fingerprint density at radius 1 is 0.897 bits per heavy atom. The summed E-state index contributed by atoms with van der Waals surface area (Å²) in [5.74, 6) is 0.248.